The van der Waals surface area contributed by atoms with Crippen LogP contribution in [0.25, 0.3) is 0 Å². The van der Waals surface area contributed by atoms with Crippen molar-refractivity contribution in [2.24, 2.45) is 0 Å². The molecule has 0 unspecified atom stereocenters. The Labute approximate surface area is 275 Å². The number of hydrogen-bond donors (Lipinski definition) is 1. The van der Waals surface area contributed by atoms with Gasteiger partial charge in [-0.3, -0.25) is 14.4 Å². The first-order valence-electron chi connectivity index (χ1n) is 16.1. The van der Waals surface area contributed by atoms with Gasteiger partial charge in [0.2, 0.25) is 17.6 Å². The molecule has 0 radical (unpaired) electrons. The van der Waals surface area contributed by atoms with Gasteiger partial charge >= 0.3 is 0 Å². The van der Waals surface area contributed by atoms with Crippen molar-refractivity contribution in [1.82, 2.24) is 20.3 Å². The summed E-state index contributed by atoms with van der Waals surface area (Å²) in [5.74, 6) is 1.23. The van der Waals surface area contributed by atoms with Crippen molar-refractivity contribution in [1.29, 1.82) is 0 Å². The van der Waals surface area contributed by atoms with Crippen LogP contribution in [0.3, 0.4) is 0 Å². The number of carbonyl (C=O) groups is 3. The monoisotopic (exact) mass is 648 g/mol. The summed E-state index contributed by atoms with van der Waals surface area (Å²) in [6.45, 7) is 5.54. The molecule has 1 fully saturated rings. The van der Waals surface area contributed by atoms with E-state index >= 15 is 0 Å². The Morgan fingerprint density at radius 3 is 2.70 bits per heavy atom. The predicted molar refractivity (Wildman–Crippen MR) is 173 cm³/mol. The summed E-state index contributed by atoms with van der Waals surface area (Å²) in [6, 6.07) is 14.4. The number of aryl methyl sites for hydroxylation is 1. The van der Waals surface area contributed by atoms with Gasteiger partial charge in [0.05, 0.1) is 38.1 Å². The van der Waals surface area contributed by atoms with Gasteiger partial charge in [0.1, 0.15) is 5.75 Å². The normalized spacial score (nSPS) is 19.3. The maximum absolute atomic E-state index is 13.6. The van der Waals surface area contributed by atoms with Crippen LogP contribution in [-0.4, -0.2) is 91.8 Å². The van der Waals surface area contributed by atoms with E-state index in [2.05, 4.69) is 10.5 Å². The Balaban J connectivity index is 1.40. The minimum atomic E-state index is -0.523. The van der Waals surface area contributed by atoms with Gasteiger partial charge in [0.25, 0.3) is 5.91 Å². The van der Waals surface area contributed by atoms with Crippen molar-refractivity contribution < 1.29 is 37.9 Å². The lowest BCUT2D eigenvalue weighted by Crippen LogP contribution is -2.58. The number of benzene rings is 2. The minimum absolute atomic E-state index is 0.116. The van der Waals surface area contributed by atoms with Gasteiger partial charge < -0.3 is 38.6 Å². The quantitative estimate of drug-likeness (QED) is 0.372. The molecule has 4 bridgehead atoms. The third-order valence-corrected chi connectivity index (χ3v) is 8.42. The highest BCUT2D eigenvalue weighted by molar-refractivity contribution is 5.91. The lowest BCUT2D eigenvalue weighted by molar-refractivity contribution is -0.137. The van der Waals surface area contributed by atoms with Gasteiger partial charge in [-0.15, -0.1) is 0 Å². The number of nitrogens with one attached hydrogen (secondary N) is 1. The molecule has 0 saturated carbocycles. The Kier molecular flexibility index (Phi) is 11.5. The Hall–Kier alpha value is -4.42. The fourth-order valence-electron chi connectivity index (χ4n) is 5.78. The highest BCUT2D eigenvalue weighted by atomic mass is 16.5. The number of hydrogen-bond acceptors (Lipinski definition) is 9. The Bertz CT molecular complexity index is 1540. The second-order valence-electron chi connectivity index (χ2n) is 12.2. The summed E-state index contributed by atoms with van der Waals surface area (Å²) in [7, 11) is 3.18. The summed E-state index contributed by atoms with van der Waals surface area (Å²) in [6.07, 6.45) is 1.35. The number of aromatic nitrogens is 1. The van der Waals surface area contributed by atoms with Crippen molar-refractivity contribution in [3.8, 4) is 17.2 Å². The topological polar surface area (TPSA) is 133 Å². The van der Waals surface area contributed by atoms with Crippen LogP contribution in [0.1, 0.15) is 66.4 Å². The molecule has 3 aliphatic rings. The van der Waals surface area contributed by atoms with Gasteiger partial charge in [-0.25, -0.2) is 0 Å². The van der Waals surface area contributed by atoms with E-state index in [9.17, 15) is 14.4 Å². The minimum Gasteiger partial charge on any atom is -0.493 e. The number of methoxy groups -OCH3 is 2. The van der Waals surface area contributed by atoms with Crippen molar-refractivity contribution in [3.63, 3.8) is 0 Å². The fraction of sp³-hybridized carbons (Fsp3) is 0.486. The molecular formula is C35H44N4O8. The first kappa shape index (κ1) is 33.9. The van der Waals surface area contributed by atoms with Gasteiger partial charge in [-0.05, 0) is 60.6 Å². The van der Waals surface area contributed by atoms with E-state index in [1.165, 1.54) is 0 Å². The average Bonchev–Trinajstić information content (AvgIpc) is 3.57. The molecule has 47 heavy (non-hydrogen) atoms. The van der Waals surface area contributed by atoms with Crippen molar-refractivity contribution in [3.05, 3.63) is 71.1 Å². The zero-order valence-corrected chi connectivity index (χ0v) is 27.5. The standard InChI is InChI=1S/C35H44N4O8/c1-23(2)27-19-32(47-37-27)35(42)39-15-13-29-28(20-39)36-33(40)21-38(14-6-16-43-3)34(41)12-10-24-9-11-30(31(18-24)44-4)46-26-8-5-7-25(17-26)22-45-29/h5,7-9,11,17-19,23,28-29H,6,10,12-16,20-22H2,1-4H3,(H,36,40)/t28-,29+/m0/s1. The largest absolute Gasteiger partial charge is 0.493 e. The third-order valence-electron chi connectivity index (χ3n) is 8.42. The van der Waals surface area contributed by atoms with E-state index in [0.29, 0.717) is 61.9 Å². The fourth-order valence-corrected chi connectivity index (χ4v) is 5.78. The van der Waals surface area contributed by atoms with Crippen molar-refractivity contribution in [2.45, 2.75) is 64.2 Å². The molecule has 3 aliphatic heterocycles. The molecule has 3 aromatic rings. The van der Waals surface area contributed by atoms with E-state index in [1.54, 1.807) is 30.1 Å². The molecule has 3 amide bonds. The second kappa shape index (κ2) is 15.9. The van der Waals surface area contributed by atoms with Crippen molar-refractivity contribution in [2.75, 3.05) is 47.0 Å². The average molecular weight is 649 g/mol. The highest BCUT2D eigenvalue weighted by Gasteiger charge is 2.35. The van der Waals surface area contributed by atoms with Gasteiger partial charge in [0, 0.05) is 45.8 Å². The maximum Gasteiger partial charge on any atom is 0.292 e. The van der Waals surface area contributed by atoms with Crippen LogP contribution >= 0.6 is 0 Å². The second-order valence-corrected chi connectivity index (χ2v) is 12.2. The summed E-state index contributed by atoms with van der Waals surface area (Å²) in [5, 5.41) is 7.11. The number of ether oxygens (including phenoxy) is 4. The van der Waals surface area contributed by atoms with Gasteiger partial charge in [0.15, 0.2) is 11.5 Å². The van der Waals surface area contributed by atoms with Crippen molar-refractivity contribution >= 4 is 17.7 Å². The molecule has 2 atom stereocenters. The molecule has 0 spiro atoms. The molecule has 6 rings (SSSR count). The zero-order chi connectivity index (χ0) is 33.3. The SMILES string of the molecule is COCCCN1CC(=O)N[C@H]2CN(C(=O)c3cc(C(C)C)no3)CC[C@H]2OCc2cccc(c2)Oc2ccc(cc2OC)CCC1=O. The lowest BCUT2D eigenvalue weighted by Gasteiger charge is -2.38. The van der Waals surface area contributed by atoms with E-state index in [1.807, 2.05) is 56.3 Å². The first-order valence-corrected chi connectivity index (χ1v) is 16.1. The molecule has 12 heteroatoms. The van der Waals surface area contributed by atoms with E-state index in [4.69, 9.17) is 23.5 Å². The smallest absolute Gasteiger partial charge is 0.292 e. The first-order chi connectivity index (χ1) is 22.7. The lowest BCUT2D eigenvalue weighted by atomic mass is 10.0. The molecule has 1 saturated heterocycles. The summed E-state index contributed by atoms with van der Waals surface area (Å²) >= 11 is 0. The molecule has 2 aromatic carbocycles. The number of nitrogens with zero attached hydrogens (tertiary/aromatic N) is 3. The molecule has 0 aliphatic carbocycles. The summed E-state index contributed by atoms with van der Waals surface area (Å²) in [5.41, 5.74) is 2.49. The number of carbonyl (C=O) groups excluding carboxylic acids is 3. The highest BCUT2D eigenvalue weighted by Crippen LogP contribution is 2.33. The number of fused-ring (bicyclic) bond motifs is 9. The Morgan fingerprint density at radius 2 is 1.94 bits per heavy atom. The van der Waals surface area contributed by atoms with Crippen LogP contribution in [0.4, 0.5) is 0 Å². The molecule has 252 valence electrons. The predicted octanol–water partition coefficient (Wildman–Crippen LogP) is 4.33. The Morgan fingerprint density at radius 1 is 1.09 bits per heavy atom. The van der Waals surface area contributed by atoms with Crippen LogP contribution < -0.4 is 14.8 Å². The third kappa shape index (κ3) is 8.89. The molecule has 1 N–H and O–H groups in total. The molecular weight excluding hydrogens is 604 g/mol. The molecule has 1 aromatic heterocycles. The summed E-state index contributed by atoms with van der Waals surface area (Å²) < 4.78 is 28.8. The number of rotatable bonds is 7. The van der Waals surface area contributed by atoms with Crippen LogP contribution in [-0.2, 0) is 32.1 Å². The van der Waals surface area contributed by atoms with Crippen LogP contribution in [0.2, 0.25) is 0 Å². The number of piperidine rings is 1. The maximum atomic E-state index is 13.6. The zero-order valence-electron chi connectivity index (χ0n) is 27.5. The number of likely N-dealkylation sites (tertiary alicyclic amines) is 1. The van der Waals surface area contributed by atoms with Crippen LogP contribution in [0, 0.1) is 0 Å². The summed E-state index contributed by atoms with van der Waals surface area (Å²) in [4.78, 5) is 43.6. The van der Waals surface area contributed by atoms with E-state index in [-0.39, 0.29) is 61.6 Å². The van der Waals surface area contributed by atoms with Gasteiger partial charge in [-0.1, -0.05) is 37.2 Å². The van der Waals surface area contributed by atoms with Gasteiger partial charge in [-0.2, -0.15) is 0 Å². The number of amides is 3. The van der Waals surface area contributed by atoms with Crippen LogP contribution in [0.15, 0.2) is 53.1 Å². The van der Waals surface area contributed by atoms with E-state index in [0.717, 1.165) is 11.1 Å². The van der Waals surface area contributed by atoms with E-state index < -0.39 is 6.04 Å². The molecule has 4 heterocycles. The molecule has 12 nitrogen and oxygen atoms in total. The van der Waals surface area contributed by atoms with Crippen LogP contribution in [0.5, 0.6) is 17.2 Å².